The van der Waals surface area contributed by atoms with E-state index in [0.717, 1.165) is 42.9 Å². The van der Waals surface area contributed by atoms with Crippen LogP contribution in [0.25, 0.3) is 0 Å². The van der Waals surface area contributed by atoms with Gasteiger partial charge in [0.25, 0.3) is 0 Å². The van der Waals surface area contributed by atoms with Crippen molar-refractivity contribution in [2.75, 3.05) is 20.3 Å². The molecule has 3 rings (SSSR count). The third-order valence-corrected chi connectivity index (χ3v) is 3.82. The molecule has 0 aliphatic carbocycles. The van der Waals surface area contributed by atoms with Crippen LogP contribution < -0.4 is 15.2 Å². The van der Waals surface area contributed by atoms with Crippen molar-refractivity contribution < 1.29 is 14.2 Å². The number of ether oxygens (including phenoxy) is 3. The summed E-state index contributed by atoms with van der Waals surface area (Å²) in [6, 6.07) is 5.82. The predicted octanol–water partition coefficient (Wildman–Crippen LogP) is 2.03. The van der Waals surface area contributed by atoms with Gasteiger partial charge in [-0.25, -0.2) is 0 Å². The second kappa shape index (κ2) is 4.44. The topological polar surface area (TPSA) is 53.7 Å². The van der Waals surface area contributed by atoms with Gasteiger partial charge in [0.1, 0.15) is 17.1 Å². The molecule has 1 spiro atoms. The highest BCUT2D eigenvalue weighted by Crippen LogP contribution is 2.43. The van der Waals surface area contributed by atoms with Gasteiger partial charge in [-0.2, -0.15) is 0 Å². The molecule has 0 amide bonds. The van der Waals surface area contributed by atoms with Crippen LogP contribution in [0.1, 0.15) is 30.9 Å². The molecule has 2 heterocycles. The van der Waals surface area contributed by atoms with E-state index in [2.05, 4.69) is 0 Å². The molecule has 1 aromatic rings. The molecule has 1 fully saturated rings. The number of benzene rings is 1. The van der Waals surface area contributed by atoms with Crippen molar-refractivity contribution in [3.8, 4) is 11.5 Å². The second-order valence-electron chi connectivity index (χ2n) is 5.16. The molecule has 2 N–H and O–H groups in total. The minimum absolute atomic E-state index is 0.00875. The highest BCUT2D eigenvalue weighted by Gasteiger charge is 2.41. The Hall–Kier alpha value is -1.26. The van der Waals surface area contributed by atoms with Crippen molar-refractivity contribution in [1.29, 1.82) is 0 Å². The van der Waals surface area contributed by atoms with E-state index in [9.17, 15) is 0 Å². The quantitative estimate of drug-likeness (QED) is 0.827. The zero-order valence-electron chi connectivity index (χ0n) is 10.6. The van der Waals surface area contributed by atoms with Crippen LogP contribution >= 0.6 is 0 Å². The minimum Gasteiger partial charge on any atom is -0.497 e. The van der Waals surface area contributed by atoms with Gasteiger partial charge >= 0.3 is 0 Å². The Morgan fingerprint density at radius 1 is 1.44 bits per heavy atom. The normalized spacial score (nSPS) is 30.7. The molecule has 2 aliphatic heterocycles. The van der Waals surface area contributed by atoms with E-state index >= 15 is 0 Å². The number of nitrogens with two attached hydrogens (primary N) is 1. The van der Waals surface area contributed by atoms with Crippen molar-refractivity contribution in [2.24, 2.45) is 5.73 Å². The number of methoxy groups -OCH3 is 1. The molecule has 1 aromatic carbocycles. The van der Waals surface area contributed by atoms with E-state index in [1.807, 2.05) is 18.2 Å². The lowest BCUT2D eigenvalue weighted by molar-refractivity contribution is -0.0833. The molecule has 2 aliphatic rings. The van der Waals surface area contributed by atoms with E-state index in [4.69, 9.17) is 19.9 Å². The summed E-state index contributed by atoms with van der Waals surface area (Å²) in [6.45, 7) is 1.47. The molecule has 0 saturated carbocycles. The number of hydrogen-bond donors (Lipinski definition) is 1. The average molecular weight is 249 g/mol. The molecular formula is C14H19NO3. The molecule has 0 bridgehead atoms. The summed E-state index contributed by atoms with van der Waals surface area (Å²) >= 11 is 0. The SMILES string of the molecule is COc1ccc2c(c1)C(N)CC1(CCCOC1)O2. The van der Waals surface area contributed by atoms with Crippen LogP contribution in [-0.2, 0) is 4.74 Å². The van der Waals surface area contributed by atoms with Gasteiger partial charge in [0.15, 0.2) is 0 Å². The smallest absolute Gasteiger partial charge is 0.134 e. The molecule has 4 heteroatoms. The van der Waals surface area contributed by atoms with Crippen molar-refractivity contribution in [3.05, 3.63) is 23.8 Å². The highest BCUT2D eigenvalue weighted by atomic mass is 16.5. The third-order valence-electron chi connectivity index (χ3n) is 3.82. The minimum atomic E-state index is -0.223. The maximum Gasteiger partial charge on any atom is 0.134 e. The van der Waals surface area contributed by atoms with Crippen LogP contribution in [0.4, 0.5) is 0 Å². The fourth-order valence-electron chi connectivity index (χ4n) is 2.89. The van der Waals surface area contributed by atoms with Gasteiger partial charge in [-0.3, -0.25) is 0 Å². The van der Waals surface area contributed by atoms with Crippen LogP contribution in [0, 0.1) is 0 Å². The number of hydrogen-bond acceptors (Lipinski definition) is 4. The van der Waals surface area contributed by atoms with Crippen LogP contribution in [0.5, 0.6) is 11.5 Å². The van der Waals surface area contributed by atoms with E-state index in [-0.39, 0.29) is 11.6 Å². The summed E-state index contributed by atoms with van der Waals surface area (Å²) in [5.74, 6) is 1.70. The molecule has 2 unspecified atom stereocenters. The van der Waals surface area contributed by atoms with Crippen LogP contribution in [-0.4, -0.2) is 25.9 Å². The van der Waals surface area contributed by atoms with Crippen LogP contribution in [0.15, 0.2) is 18.2 Å². The van der Waals surface area contributed by atoms with Gasteiger partial charge in [-0.1, -0.05) is 0 Å². The van der Waals surface area contributed by atoms with Gasteiger partial charge < -0.3 is 19.9 Å². The summed E-state index contributed by atoms with van der Waals surface area (Å²) < 4.78 is 17.0. The maximum atomic E-state index is 6.28. The van der Waals surface area contributed by atoms with E-state index in [1.54, 1.807) is 7.11 Å². The lowest BCUT2D eigenvalue weighted by atomic mass is 9.84. The summed E-state index contributed by atoms with van der Waals surface area (Å²) in [7, 11) is 1.66. The summed E-state index contributed by atoms with van der Waals surface area (Å²) in [4.78, 5) is 0. The molecule has 4 nitrogen and oxygen atoms in total. The summed E-state index contributed by atoms with van der Waals surface area (Å²) in [6.07, 6.45) is 2.87. The average Bonchev–Trinajstić information content (AvgIpc) is 2.39. The van der Waals surface area contributed by atoms with E-state index < -0.39 is 0 Å². The lowest BCUT2D eigenvalue weighted by Gasteiger charge is -2.43. The fourth-order valence-corrected chi connectivity index (χ4v) is 2.89. The Labute approximate surface area is 107 Å². The van der Waals surface area contributed by atoms with Gasteiger partial charge in [-0.15, -0.1) is 0 Å². The molecule has 0 radical (unpaired) electrons. The van der Waals surface area contributed by atoms with Gasteiger partial charge in [0, 0.05) is 24.6 Å². The van der Waals surface area contributed by atoms with Crippen molar-refractivity contribution in [3.63, 3.8) is 0 Å². The fraction of sp³-hybridized carbons (Fsp3) is 0.571. The lowest BCUT2D eigenvalue weighted by Crippen LogP contribution is -2.49. The van der Waals surface area contributed by atoms with E-state index in [1.165, 1.54) is 0 Å². The maximum absolute atomic E-state index is 6.28. The molecule has 1 saturated heterocycles. The first kappa shape index (κ1) is 11.8. The standard InChI is InChI=1S/C14H19NO3/c1-16-10-3-4-13-11(7-10)12(15)8-14(18-13)5-2-6-17-9-14/h3-4,7,12H,2,5-6,8-9,15H2,1H3. The van der Waals surface area contributed by atoms with Gasteiger partial charge in [0.05, 0.1) is 13.7 Å². The zero-order valence-corrected chi connectivity index (χ0v) is 10.6. The van der Waals surface area contributed by atoms with Crippen molar-refractivity contribution in [2.45, 2.75) is 30.9 Å². The Bertz CT molecular complexity index is 441. The molecule has 98 valence electrons. The van der Waals surface area contributed by atoms with Gasteiger partial charge in [0.2, 0.25) is 0 Å². The van der Waals surface area contributed by atoms with Crippen molar-refractivity contribution >= 4 is 0 Å². The zero-order chi connectivity index (χ0) is 12.6. The molecule has 2 atom stereocenters. The summed E-state index contributed by atoms with van der Waals surface area (Å²) in [5, 5.41) is 0. The van der Waals surface area contributed by atoms with E-state index in [0.29, 0.717) is 6.61 Å². The Morgan fingerprint density at radius 2 is 2.33 bits per heavy atom. The Kier molecular flexibility index (Phi) is 2.92. The Morgan fingerprint density at radius 3 is 3.06 bits per heavy atom. The Balaban J connectivity index is 1.92. The first-order valence-electron chi connectivity index (χ1n) is 6.43. The second-order valence-corrected chi connectivity index (χ2v) is 5.16. The number of fused-ring (bicyclic) bond motifs is 1. The molecule has 0 aromatic heterocycles. The monoisotopic (exact) mass is 249 g/mol. The first-order valence-corrected chi connectivity index (χ1v) is 6.43. The third kappa shape index (κ3) is 1.95. The van der Waals surface area contributed by atoms with Gasteiger partial charge in [-0.05, 0) is 31.0 Å². The predicted molar refractivity (Wildman–Crippen MR) is 68.0 cm³/mol. The molecular weight excluding hydrogens is 230 g/mol. The van der Waals surface area contributed by atoms with Crippen LogP contribution in [0.3, 0.4) is 0 Å². The largest absolute Gasteiger partial charge is 0.497 e. The molecule has 18 heavy (non-hydrogen) atoms. The number of rotatable bonds is 1. The van der Waals surface area contributed by atoms with Crippen molar-refractivity contribution in [1.82, 2.24) is 0 Å². The first-order chi connectivity index (χ1) is 8.72. The van der Waals surface area contributed by atoms with Crippen LogP contribution in [0.2, 0.25) is 0 Å². The highest BCUT2D eigenvalue weighted by molar-refractivity contribution is 5.44. The summed E-state index contributed by atoms with van der Waals surface area (Å²) in [5.41, 5.74) is 7.09.